The van der Waals surface area contributed by atoms with Crippen molar-refractivity contribution in [1.29, 1.82) is 0 Å². The predicted molar refractivity (Wildman–Crippen MR) is 90.4 cm³/mol. The summed E-state index contributed by atoms with van der Waals surface area (Å²) in [5.41, 5.74) is 2.38. The van der Waals surface area contributed by atoms with E-state index >= 15 is 0 Å². The van der Waals surface area contributed by atoms with Crippen molar-refractivity contribution >= 4 is 12.8 Å². The van der Waals surface area contributed by atoms with Crippen LogP contribution in [0.4, 0.5) is 0 Å². The van der Waals surface area contributed by atoms with E-state index < -0.39 is 7.49 Å². The van der Waals surface area contributed by atoms with E-state index in [2.05, 4.69) is 56.9 Å². The largest absolute Gasteiger partial charge is 0.302 e. The maximum Gasteiger partial charge on any atom is 0.230 e. The molecule has 110 valence electrons. The molecule has 2 aromatic rings. The van der Waals surface area contributed by atoms with Crippen LogP contribution in [0.2, 0.25) is 0 Å². The molecule has 2 unspecified atom stereocenters. The van der Waals surface area contributed by atoms with Gasteiger partial charge in [0.2, 0.25) is 7.49 Å². The second-order valence-electron chi connectivity index (χ2n) is 5.97. The lowest BCUT2D eigenvalue weighted by Crippen LogP contribution is -2.20. The first kappa shape index (κ1) is 14.6. The van der Waals surface area contributed by atoms with Gasteiger partial charge in [-0.3, -0.25) is 0 Å². The summed E-state index contributed by atoms with van der Waals surface area (Å²) in [5, 5.41) is 1.32. The first-order valence-electron chi connectivity index (χ1n) is 7.55. The minimum absolute atomic E-state index is 0.626. The molecule has 1 aliphatic heterocycles. The zero-order valence-electron chi connectivity index (χ0n) is 12.9. The summed E-state index contributed by atoms with van der Waals surface area (Å²) >= 11 is 0. The van der Waals surface area contributed by atoms with Gasteiger partial charge in [0.15, 0.2) is 5.75 Å². The van der Waals surface area contributed by atoms with E-state index in [4.69, 9.17) is 9.56 Å². The van der Waals surface area contributed by atoms with Crippen LogP contribution < -0.4 is 10.2 Å². The third kappa shape index (κ3) is 2.71. The molecule has 0 amide bonds. The fourth-order valence-corrected chi connectivity index (χ4v) is 6.03. The van der Waals surface area contributed by atoms with Gasteiger partial charge in [-0.25, -0.2) is 0 Å². The van der Waals surface area contributed by atoms with Crippen molar-refractivity contribution in [2.45, 2.75) is 20.3 Å². The van der Waals surface area contributed by atoms with E-state index in [1.807, 2.05) is 12.1 Å². The second-order valence-corrected chi connectivity index (χ2v) is 9.17. The van der Waals surface area contributed by atoms with E-state index in [9.17, 15) is 0 Å². The lowest BCUT2D eigenvalue weighted by atomic mass is 10.0. The molecule has 0 spiro atoms. The van der Waals surface area contributed by atoms with Crippen LogP contribution in [0.15, 0.2) is 48.5 Å². The van der Waals surface area contributed by atoms with E-state index in [1.165, 1.54) is 10.9 Å². The number of fused-ring (bicyclic) bond motifs is 3. The molecule has 0 fully saturated rings. The summed E-state index contributed by atoms with van der Waals surface area (Å²) in [6.45, 7) is 6.76. The molecule has 3 heteroatoms. The first-order valence-corrected chi connectivity index (χ1v) is 9.89. The Hall–Kier alpha value is -1.37. The lowest BCUT2D eigenvalue weighted by molar-refractivity contribution is -0.0905. The lowest BCUT2D eigenvalue weighted by Gasteiger charge is -2.21. The van der Waals surface area contributed by atoms with Crippen molar-refractivity contribution in [3.05, 3.63) is 48.5 Å². The third-order valence-electron chi connectivity index (χ3n) is 4.24. The normalized spacial score (nSPS) is 21.7. The fraction of sp³-hybridized carbons (Fsp3) is 0.333. The second kappa shape index (κ2) is 5.79. The molecule has 1 heterocycles. The number of rotatable bonds is 3. The van der Waals surface area contributed by atoms with Crippen LogP contribution in [0.3, 0.4) is 0 Å². The van der Waals surface area contributed by atoms with Gasteiger partial charge in [0, 0.05) is 11.1 Å². The van der Waals surface area contributed by atoms with Crippen LogP contribution in [0.25, 0.3) is 11.1 Å². The number of para-hydroxylation sites is 1. The van der Waals surface area contributed by atoms with E-state index in [0.29, 0.717) is 5.92 Å². The summed E-state index contributed by atoms with van der Waals surface area (Å²) in [4.78, 5) is 5.74. The number of hydrogen-bond donors (Lipinski definition) is 0. The summed E-state index contributed by atoms with van der Waals surface area (Å²) in [7, 11) is -1.77. The Kier molecular flexibility index (Phi) is 4.01. The molecule has 0 saturated carbocycles. The molecule has 2 atom stereocenters. The Bertz CT molecular complexity index is 641. The number of hydrogen-bond acceptors (Lipinski definition) is 2. The molecular formula is C18H22O2P+. The molecule has 0 aliphatic carbocycles. The van der Waals surface area contributed by atoms with Crippen LogP contribution >= 0.6 is 7.49 Å². The summed E-state index contributed by atoms with van der Waals surface area (Å²) in [6, 6.07) is 16.7. The van der Waals surface area contributed by atoms with Gasteiger partial charge in [0.25, 0.3) is 0 Å². The van der Waals surface area contributed by atoms with E-state index in [-0.39, 0.29) is 0 Å². The molecule has 21 heavy (non-hydrogen) atoms. The van der Waals surface area contributed by atoms with Crippen LogP contribution in [-0.2, 0) is 4.67 Å². The average Bonchev–Trinajstić information content (AvgIpc) is 2.64. The highest BCUT2D eigenvalue weighted by Crippen LogP contribution is 2.60. The topological polar surface area (TPSA) is 18.5 Å². The fourth-order valence-electron chi connectivity index (χ4n) is 2.89. The zero-order valence-corrected chi connectivity index (χ0v) is 13.8. The highest BCUT2D eigenvalue weighted by atomic mass is 31.2. The van der Waals surface area contributed by atoms with Crippen molar-refractivity contribution < 1.29 is 9.56 Å². The summed E-state index contributed by atoms with van der Waals surface area (Å²) in [5.74, 6) is 1.44. The molecule has 3 rings (SSSR count). The van der Waals surface area contributed by atoms with E-state index in [1.54, 1.807) is 0 Å². The van der Waals surface area contributed by atoms with E-state index in [0.717, 1.165) is 23.9 Å². The smallest absolute Gasteiger partial charge is 0.230 e. The van der Waals surface area contributed by atoms with Crippen molar-refractivity contribution in [1.82, 2.24) is 0 Å². The molecule has 2 nitrogen and oxygen atoms in total. The van der Waals surface area contributed by atoms with Crippen LogP contribution in [0.5, 0.6) is 5.75 Å². The number of benzene rings is 2. The molecule has 0 saturated heterocycles. The standard InChI is InChI=1S/C18H22O2P/c1-4-14(2)13-21(3)18-12-8-6-10-16(18)15-9-5-7-11-17(15)19-20-21/h5-12,14H,4,13H2,1-3H3/q+1. The first-order chi connectivity index (χ1) is 10.1. The molecule has 0 radical (unpaired) electrons. The Morgan fingerprint density at radius 1 is 1.00 bits per heavy atom. The quantitative estimate of drug-likeness (QED) is 0.592. The molecule has 0 N–H and O–H groups in total. The Morgan fingerprint density at radius 3 is 2.43 bits per heavy atom. The highest BCUT2D eigenvalue weighted by molar-refractivity contribution is 7.78. The molecule has 1 aliphatic rings. The van der Waals surface area contributed by atoms with Crippen LogP contribution in [-0.4, -0.2) is 12.8 Å². The van der Waals surface area contributed by atoms with Crippen molar-refractivity contribution in [3.8, 4) is 16.9 Å². The monoisotopic (exact) mass is 301 g/mol. The van der Waals surface area contributed by atoms with Gasteiger partial charge in [0.05, 0.1) is 12.8 Å². The SMILES string of the molecule is CCC(C)C[P+]1(C)OOc2ccccc2-c2ccccc21. The molecule has 0 aromatic heterocycles. The van der Waals surface area contributed by atoms with Crippen molar-refractivity contribution in [3.63, 3.8) is 0 Å². The maximum absolute atomic E-state index is 6.03. The average molecular weight is 301 g/mol. The van der Waals surface area contributed by atoms with Gasteiger partial charge in [0.1, 0.15) is 5.30 Å². The highest BCUT2D eigenvalue weighted by Gasteiger charge is 2.45. The molecule has 2 aromatic carbocycles. The van der Waals surface area contributed by atoms with Crippen molar-refractivity contribution in [2.75, 3.05) is 12.8 Å². The minimum atomic E-state index is -1.77. The Morgan fingerprint density at radius 2 is 1.67 bits per heavy atom. The molecule has 0 bridgehead atoms. The minimum Gasteiger partial charge on any atom is -0.302 e. The maximum atomic E-state index is 6.03. The van der Waals surface area contributed by atoms with Gasteiger partial charge in [-0.05, 0) is 22.7 Å². The summed E-state index contributed by atoms with van der Waals surface area (Å²) < 4.78 is 6.03. The third-order valence-corrected chi connectivity index (χ3v) is 7.37. The van der Waals surface area contributed by atoms with Crippen LogP contribution in [0.1, 0.15) is 20.3 Å². The van der Waals surface area contributed by atoms with Gasteiger partial charge < -0.3 is 4.89 Å². The van der Waals surface area contributed by atoms with Crippen LogP contribution in [0, 0.1) is 5.92 Å². The summed E-state index contributed by atoms with van der Waals surface area (Å²) in [6.07, 6.45) is 2.21. The Balaban J connectivity index is 2.13. The molecular weight excluding hydrogens is 279 g/mol. The van der Waals surface area contributed by atoms with Gasteiger partial charge >= 0.3 is 0 Å². The van der Waals surface area contributed by atoms with Gasteiger partial charge in [-0.2, -0.15) is 0 Å². The van der Waals surface area contributed by atoms with Crippen molar-refractivity contribution in [2.24, 2.45) is 5.92 Å². The Labute approximate surface area is 127 Å². The predicted octanol–water partition coefficient (Wildman–Crippen LogP) is 4.91. The zero-order chi connectivity index (χ0) is 14.9. The van der Waals surface area contributed by atoms with Gasteiger partial charge in [-0.15, -0.1) is 0 Å². The van der Waals surface area contributed by atoms with Gasteiger partial charge in [-0.1, -0.05) is 56.7 Å².